The average molecular weight is 190 g/mol. The van der Waals surface area contributed by atoms with Gasteiger partial charge in [-0.25, -0.2) is 0 Å². The molecule has 1 heterocycles. The molecule has 0 amide bonds. The van der Waals surface area contributed by atoms with Gasteiger partial charge in [-0.1, -0.05) is 19.9 Å². The zero-order valence-electron chi connectivity index (χ0n) is 8.40. The highest BCUT2D eigenvalue weighted by Gasteiger charge is 2.12. The summed E-state index contributed by atoms with van der Waals surface area (Å²) in [5, 5.41) is 10.9. The molecule has 2 aromatic rings. The van der Waals surface area contributed by atoms with Crippen molar-refractivity contribution >= 4 is 11.0 Å². The van der Waals surface area contributed by atoms with E-state index in [0.29, 0.717) is 0 Å². The molecule has 0 radical (unpaired) electrons. The second-order valence-electron chi connectivity index (χ2n) is 3.91. The van der Waals surface area contributed by atoms with Crippen LogP contribution in [0.25, 0.3) is 11.0 Å². The van der Waals surface area contributed by atoms with E-state index in [0.717, 1.165) is 16.5 Å². The summed E-state index contributed by atoms with van der Waals surface area (Å²) in [6, 6.07) is 7.70. The first kappa shape index (κ1) is 9.28. The van der Waals surface area contributed by atoms with Crippen LogP contribution >= 0.6 is 0 Å². The number of furan rings is 1. The molecule has 0 bridgehead atoms. The summed E-state index contributed by atoms with van der Waals surface area (Å²) in [5.41, 5.74) is 1.82. The monoisotopic (exact) mass is 190 g/mol. The standard InChI is InChI=1S/C12H14O2/c1-8(2)12(13)10-3-4-11-9(7-10)5-6-14-11/h3-8,12-13H,1-2H3. The van der Waals surface area contributed by atoms with Gasteiger partial charge in [-0.15, -0.1) is 0 Å². The second kappa shape index (κ2) is 3.46. The Balaban J connectivity index is 2.43. The third kappa shape index (κ3) is 1.53. The van der Waals surface area contributed by atoms with Crippen LogP contribution in [0.15, 0.2) is 34.9 Å². The Kier molecular flexibility index (Phi) is 2.30. The van der Waals surface area contributed by atoms with Crippen molar-refractivity contribution in [2.75, 3.05) is 0 Å². The number of benzene rings is 1. The zero-order chi connectivity index (χ0) is 10.1. The van der Waals surface area contributed by atoms with Crippen molar-refractivity contribution in [1.82, 2.24) is 0 Å². The summed E-state index contributed by atoms with van der Waals surface area (Å²) in [4.78, 5) is 0. The van der Waals surface area contributed by atoms with E-state index in [4.69, 9.17) is 4.42 Å². The van der Waals surface area contributed by atoms with Gasteiger partial charge in [0.2, 0.25) is 0 Å². The molecule has 0 saturated carbocycles. The highest BCUT2D eigenvalue weighted by molar-refractivity contribution is 5.77. The minimum Gasteiger partial charge on any atom is -0.464 e. The molecule has 0 aliphatic carbocycles. The molecule has 0 aliphatic heterocycles. The van der Waals surface area contributed by atoms with Crippen LogP contribution in [0.5, 0.6) is 0 Å². The number of rotatable bonds is 2. The maximum absolute atomic E-state index is 9.86. The molecule has 1 atom stereocenters. The molecule has 0 saturated heterocycles. The van der Waals surface area contributed by atoms with Crippen LogP contribution in [0.2, 0.25) is 0 Å². The molecule has 1 unspecified atom stereocenters. The van der Waals surface area contributed by atoms with E-state index in [-0.39, 0.29) is 5.92 Å². The summed E-state index contributed by atoms with van der Waals surface area (Å²) >= 11 is 0. The first-order valence-electron chi connectivity index (χ1n) is 4.83. The van der Waals surface area contributed by atoms with Gasteiger partial charge in [0.05, 0.1) is 12.4 Å². The number of hydrogen-bond donors (Lipinski definition) is 1. The average Bonchev–Trinajstić information content (AvgIpc) is 2.62. The molecule has 0 spiro atoms. The van der Waals surface area contributed by atoms with Crippen molar-refractivity contribution in [2.24, 2.45) is 5.92 Å². The third-order valence-corrected chi connectivity index (χ3v) is 2.45. The Hall–Kier alpha value is -1.28. The summed E-state index contributed by atoms with van der Waals surface area (Å²) < 4.78 is 5.23. The normalized spacial score (nSPS) is 13.7. The molecule has 74 valence electrons. The van der Waals surface area contributed by atoms with Crippen LogP contribution in [0.3, 0.4) is 0 Å². The van der Waals surface area contributed by atoms with Gasteiger partial charge in [0.1, 0.15) is 5.58 Å². The van der Waals surface area contributed by atoms with E-state index >= 15 is 0 Å². The lowest BCUT2D eigenvalue weighted by atomic mass is 9.98. The zero-order valence-corrected chi connectivity index (χ0v) is 8.40. The van der Waals surface area contributed by atoms with Gasteiger partial charge in [-0.2, -0.15) is 0 Å². The van der Waals surface area contributed by atoms with Gasteiger partial charge in [0, 0.05) is 5.39 Å². The van der Waals surface area contributed by atoms with E-state index in [9.17, 15) is 5.11 Å². The summed E-state index contributed by atoms with van der Waals surface area (Å²) in [6.45, 7) is 4.01. The predicted octanol–water partition coefficient (Wildman–Crippen LogP) is 3.12. The van der Waals surface area contributed by atoms with Gasteiger partial charge >= 0.3 is 0 Å². The van der Waals surface area contributed by atoms with E-state index in [1.165, 1.54) is 0 Å². The molecule has 0 fully saturated rings. The molecule has 2 nitrogen and oxygen atoms in total. The van der Waals surface area contributed by atoms with E-state index in [1.54, 1.807) is 6.26 Å². The smallest absolute Gasteiger partial charge is 0.133 e. The summed E-state index contributed by atoms with van der Waals surface area (Å²) in [5.74, 6) is 0.236. The Morgan fingerprint density at radius 1 is 1.21 bits per heavy atom. The van der Waals surface area contributed by atoms with Crippen molar-refractivity contribution in [3.63, 3.8) is 0 Å². The largest absolute Gasteiger partial charge is 0.464 e. The first-order valence-corrected chi connectivity index (χ1v) is 4.83. The molecule has 1 aromatic carbocycles. The van der Waals surface area contributed by atoms with Crippen LogP contribution in [0.4, 0.5) is 0 Å². The molecule has 1 aromatic heterocycles. The highest BCUT2D eigenvalue weighted by atomic mass is 16.3. The first-order chi connectivity index (χ1) is 6.68. The number of fused-ring (bicyclic) bond motifs is 1. The number of aliphatic hydroxyl groups excluding tert-OH is 1. The maximum atomic E-state index is 9.86. The van der Waals surface area contributed by atoms with Gasteiger partial charge in [0.25, 0.3) is 0 Å². The van der Waals surface area contributed by atoms with Crippen LogP contribution < -0.4 is 0 Å². The topological polar surface area (TPSA) is 33.4 Å². The Morgan fingerprint density at radius 3 is 2.71 bits per heavy atom. The maximum Gasteiger partial charge on any atom is 0.133 e. The Labute approximate surface area is 83.2 Å². The minimum absolute atomic E-state index is 0.236. The summed E-state index contributed by atoms with van der Waals surface area (Å²) in [6.07, 6.45) is 1.27. The van der Waals surface area contributed by atoms with Gasteiger partial charge < -0.3 is 9.52 Å². The van der Waals surface area contributed by atoms with E-state index < -0.39 is 6.10 Å². The van der Waals surface area contributed by atoms with Crippen molar-refractivity contribution in [2.45, 2.75) is 20.0 Å². The predicted molar refractivity (Wildman–Crippen MR) is 56.0 cm³/mol. The van der Waals surface area contributed by atoms with Crippen molar-refractivity contribution in [3.05, 3.63) is 36.1 Å². The summed E-state index contributed by atoms with van der Waals surface area (Å²) in [7, 11) is 0. The van der Waals surface area contributed by atoms with Crippen LogP contribution in [-0.2, 0) is 0 Å². The lowest BCUT2D eigenvalue weighted by molar-refractivity contribution is 0.127. The van der Waals surface area contributed by atoms with Crippen LogP contribution in [0.1, 0.15) is 25.5 Å². The molecule has 1 N–H and O–H groups in total. The molecule has 2 heteroatoms. The molecule has 14 heavy (non-hydrogen) atoms. The number of hydrogen-bond acceptors (Lipinski definition) is 2. The second-order valence-corrected chi connectivity index (χ2v) is 3.91. The Morgan fingerprint density at radius 2 is 2.00 bits per heavy atom. The van der Waals surface area contributed by atoms with Crippen LogP contribution in [-0.4, -0.2) is 5.11 Å². The fraction of sp³-hybridized carbons (Fsp3) is 0.333. The van der Waals surface area contributed by atoms with E-state index in [1.807, 2.05) is 38.1 Å². The molecular weight excluding hydrogens is 176 g/mol. The van der Waals surface area contributed by atoms with E-state index in [2.05, 4.69) is 0 Å². The highest BCUT2D eigenvalue weighted by Crippen LogP contribution is 2.25. The molecule has 0 aliphatic rings. The van der Waals surface area contributed by atoms with Gasteiger partial charge in [0.15, 0.2) is 0 Å². The van der Waals surface area contributed by atoms with Gasteiger partial charge in [-0.3, -0.25) is 0 Å². The molecule has 2 rings (SSSR count). The lowest BCUT2D eigenvalue weighted by Gasteiger charge is -2.14. The third-order valence-electron chi connectivity index (χ3n) is 2.45. The Bertz CT molecular complexity index is 429. The minimum atomic E-state index is -0.394. The van der Waals surface area contributed by atoms with Crippen molar-refractivity contribution in [3.8, 4) is 0 Å². The van der Waals surface area contributed by atoms with Gasteiger partial charge in [-0.05, 0) is 29.7 Å². The fourth-order valence-corrected chi connectivity index (χ4v) is 1.55. The fourth-order valence-electron chi connectivity index (χ4n) is 1.55. The quantitative estimate of drug-likeness (QED) is 0.789. The van der Waals surface area contributed by atoms with Crippen molar-refractivity contribution < 1.29 is 9.52 Å². The van der Waals surface area contributed by atoms with Crippen molar-refractivity contribution in [1.29, 1.82) is 0 Å². The van der Waals surface area contributed by atoms with Crippen LogP contribution in [0, 0.1) is 5.92 Å². The number of aliphatic hydroxyl groups is 1. The lowest BCUT2D eigenvalue weighted by Crippen LogP contribution is -2.04. The SMILES string of the molecule is CC(C)C(O)c1ccc2occc2c1. The molecular formula is C12H14O2.